The summed E-state index contributed by atoms with van der Waals surface area (Å²) < 4.78 is 12.2. The van der Waals surface area contributed by atoms with Crippen LogP contribution in [0.2, 0.25) is 0 Å². The van der Waals surface area contributed by atoms with Gasteiger partial charge in [-0.1, -0.05) is 26.0 Å². The summed E-state index contributed by atoms with van der Waals surface area (Å²) in [4.78, 5) is 41.3. The number of para-hydroxylation sites is 1. The van der Waals surface area contributed by atoms with E-state index in [1.54, 1.807) is 36.4 Å². The van der Waals surface area contributed by atoms with Gasteiger partial charge in [0.05, 0.1) is 30.9 Å². The van der Waals surface area contributed by atoms with Crippen LogP contribution in [0.5, 0.6) is 11.5 Å². The molecule has 3 aromatic rings. The summed E-state index contributed by atoms with van der Waals surface area (Å²) >= 11 is 0. The van der Waals surface area contributed by atoms with Crippen LogP contribution in [0, 0.1) is 5.92 Å². The minimum atomic E-state index is -0.571. The van der Waals surface area contributed by atoms with E-state index in [-0.39, 0.29) is 17.7 Å². The zero-order chi connectivity index (χ0) is 23.1. The smallest absolute Gasteiger partial charge is 0.269 e. The molecule has 0 aliphatic heterocycles. The third kappa shape index (κ3) is 5.63. The number of methoxy groups -OCH3 is 1. The molecule has 3 rings (SSSR count). The van der Waals surface area contributed by atoms with Crippen molar-refractivity contribution < 1.29 is 19.1 Å². The number of hydrogen-bond donors (Lipinski definition) is 2. The van der Waals surface area contributed by atoms with Gasteiger partial charge >= 0.3 is 0 Å². The zero-order valence-corrected chi connectivity index (χ0v) is 18.3. The van der Waals surface area contributed by atoms with Crippen molar-refractivity contribution in [3.8, 4) is 11.5 Å². The van der Waals surface area contributed by atoms with Gasteiger partial charge in [0.1, 0.15) is 6.54 Å². The molecule has 2 amide bonds. The van der Waals surface area contributed by atoms with Gasteiger partial charge in [-0.2, -0.15) is 0 Å². The second-order valence-corrected chi connectivity index (χ2v) is 7.59. The number of aromatic nitrogens is 2. The summed E-state index contributed by atoms with van der Waals surface area (Å²) in [6.07, 6.45) is 2.20. The van der Waals surface area contributed by atoms with Gasteiger partial charge < -0.3 is 9.47 Å². The first-order valence-electron chi connectivity index (χ1n) is 10.2. The summed E-state index contributed by atoms with van der Waals surface area (Å²) in [5.41, 5.74) is 5.13. The Morgan fingerprint density at radius 3 is 2.62 bits per heavy atom. The van der Waals surface area contributed by atoms with E-state index in [0.717, 1.165) is 6.42 Å². The van der Waals surface area contributed by atoms with E-state index in [1.807, 2.05) is 0 Å². The van der Waals surface area contributed by atoms with Crippen molar-refractivity contribution in [2.75, 3.05) is 13.7 Å². The Morgan fingerprint density at radius 1 is 1.09 bits per heavy atom. The van der Waals surface area contributed by atoms with Crippen LogP contribution in [-0.2, 0) is 11.3 Å². The Balaban J connectivity index is 1.59. The molecular weight excluding hydrogens is 412 g/mol. The molecule has 0 unspecified atom stereocenters. The number of carbonyl (C=O) groups excluding carboxylic acids is 2. The maximum Gasteiger partial charge on any atom is 0.269 e. The van der Waals surface area contributed by atoms with E-state index >= 15 is 0 Å². The van der Waals surface area contributed by atoms with Crippen LogP contribution in [0.25, 0.3) is 10.9 Å². The summed E-state index contributed by atoms with van der Waals surface area (Å²) in [6, 6.07) is 11.6. The van der Waals surface area contributed by atoms with Gasteiger partial charge in [0, 0.05) is 5.56 Å². The highest BCUT2D eigenvalue weighted by molar-refractivity contribution is 5.96. The molecule has 168 valence electrons. The lowest BCUT2D eigenvalue weighted by Crippen LogP contribution is -2.44. The van der Waals surface area contributed by atoms with Crippen molar-refractivity contribution in [3.05, 3.63) is 64.7 Å². The summed E-state index contributed by atoms with van der Waals surface area (Å²) in [7, 11) is 1.49. The number of rotatable bonds is 8. The molecule has 0 fully saturated rings. The second kappa shape index (κ2) is 10.4. The summed E-state index contributed by atoms with van der Waals surface area (Å²) in [6.45, 7) is 4.46. The molecule has 0 saturated heterocycles. The van der Waals surface area contributed by atoms with Gasteiger partial charge in [0.25, 0.3) is 17.4 Å². The zero-order valence-electron chi connectivity index (χ0n) is 18.3. The predicted molar refractivity (Wildman–Crippen MR) is 120 cm³/mol. The standard InChI is InChI=1S/C23H26N4O5/c1-15(2)10-11-32-19-9-8-16(12-20(19)31-3)22(29)26-25-21(28)13-27-14-24-18-7-5-4-6-17(18)23(27)30/h4-9,12,14-15H,10-11,13H2,1-3H3,(H,25,28)(H,26,29). The Bertz CT molecular complexity index is 1170. The van der Waals surface area contributed by atoms with E-state index in [9.17, 15) is 14.4 Å². The maximum atomic E-state index is 12.5. The molecule has 0 atom stereocenters. The van der Waals surface area contributed by atoms with Gasteiger partial charge in [0.15, 0.2) is 11.5 Å². The van der Waals surface area contributed by atoms with Crippen LogP contribution in [0.1, 0.15) is 30.6 Å². The highest BCUT2D eigenvalue weighted by atomic mass is 16.5. The Labute approximate surface area is 185 Å². The molecule has 32 heavy (non-hydrogen) atoms. The van der Waals surface area contributed by atoms with E-state index < -0.39 is 11.8 Å². The van der Waals surface area contributed by atoms with Crippen molar-refractivity contribution in [2.45, 2.75) is 26.8 Å². The number of hydrazine groups is 1. The largest absolute Gasteiger partial charge is 0.493 e. The SMILES string of the molecule is COc1cc(C(=O)NNC(=O)Cn2cnc3ccccc3c2=O)ccc1OCCC(C)C. The van der Waals surface area contributed by atoms with Crippen molar-refractivity contribution in [3.63, 3.8) is 0 Å². The van der Waals surface area contributed by atoms with Gasteiger partial charge in [-0.15, -0.1) is 0 Å². The second-order valence-electron chi connectivity index (χ2n) is 7.59. The van der Waals surface area contributed by atoms with Crippen molar-refractivity contribution in [2.24, 2.45) is 5.92 Å². The van der Waals surface area contributed by atoms with Gasteiger partial charge in [-0.3, -0.25) is 29.8 Å². The fraction of sp³-hybridized carbons (Fsp3) is 0.304. The van der Waals surface area contributed by atoms with Gasteiger partial charge in [0.2, 0.25) is 0 Å². The Hall–Kier alpha value is -3.88. The van der Waals surface area contributed by atoms with Crippen LogP contribution in [0.3, 0.4) is 0 Å². The maximum absolute atomic E-state index is 12.5. The molecule has 9 heteroatoms. The number of carbonyl (C=O) groups is 2. The molecule has 1 aromatic heterocycles. The fourth-order valence-corrected chi connectivity index (χ4v) is 2.94. The third-order valence-electron chi connectivity index (χ3n) is 4.74. The molecule has 0 bridgehead atoms. The van der Waals surface area contributed by atoms with Crippen LogP contribution >= 0.6 is 0 Å². The number of ether oxygens (including phenoxy) is 2. The lowest BCUT2D eigenvalue weighted by atomic mass is 10.1. The van der Waals surface area contributed by atoms with E-state index in [0.29, 0.717) is 34.9 Å². The topological polar surface area (TPSA) is 112 Å². The van der Waals surface area contributed by atoms with Crippen molar-refractivity contribution in [1.29, 1.82) is 0 Å². The first kappa shape index (κ1) is 22.8. The molecule has 0 radical (unpaired) electrons. The normalized spacial score (nSPS) is 10.8. The molecule has 1 heterocycles. The van der Waals surface area contributed by atoms with E-state index in [4.69, 9.17) is 9.47 Å². The van der Waals surface area contributed by atoms with Crippen LogP contribution in [-0.4, -0.2) is 35.1 Å². The molecule has 2 aromatic carbocycles. The fourth-order valence-electron chi connectivity index (χ4n) is 2.94. The number of nitrogens with zero attached hydrogens (tertiary/aromatic N) is 2. The molecule has 2 N–H and O–H groups in total. The molecular formula is C23H26N4O5. The number of benzene rings is 2. The van der Waals surface area contributed by atoms with Crippen molar-refractivity contribution >= 4 is 22.7 Å². The van der Waals surface area contributed by atoms with Gasteiger partial charge in [-0.25, -0.2) is 4.98 Å². The highest BCUT2D eigenvalue weighted by Gasteiger charge is 2.13. The number of fused-ring (bicyclic) bond motifs is 1. The first-order valence-corrected chi connectivity index (χ1v) is 10.2. The van der Waals surface area contributed by atoms with Crippen LogP contribution in [0.15, 0.2) is 53.6 Å². The number of nitrogens with one attached hydrogen (secondary N) is 2. The van der Waals surface area contributed by atoms with Gasteiger partial charge in [-0.05, 0) is 42.7 Å². The highest BCUT2D eigenvalue weighted by Crippen LogP contribution is 2.28. The first-order chi connectivity index (χ1) is 15.4. The molecule has 0 aliphatic rings. The lowest BCUT2D eigenvalue weighted by Gasteiger charge is -2.13. The van der Waals surface area contributed by atoms with Crippen molar-refractivity contribution in [1.82, 2.24) is 20.4 Å². The molecule has 0 aliphatic carbocycles. The molecule has 0 saturated carbocycles. The minimum absolute atomic E-state index is 0.280. The molecule has 0 spiro atoms. The lowest BCUT2D eigenvalue weighted by molar-refractivity contribution is -0.122. The quantitative estimate of drug-likeness (QED) is 0.522. The summed E-state index contributed by atoms with van der Waals surface area (Å²) in [5, 5.41) is 0.412. The number of hydrogen-bond acceptors (Lipinski definition) is 6. The summed E-state index contributed by atoms with van der Waals surface area (Å²) in [5.74, 6) is 0.363. The Kier molecular flexibility index (Phi) is 7.43. The van der Waals surface area contributed by atoms with E-state index in [2.05, 4.69) is 29.7 Å². The average Bonchev–Trinajstić information content (AvgIpc) is 2.79. The number of amides is 2. The molecule has 9 nitrogen and oxygen atoms in total. The minimum Gasteiger partial charge on any atom is -0.493 e. The van der Waals surface area contributed by atoms with Crippen LogP contribution in [0.4, 0.5) is 0 Å². The third-order valence-corrected chi connectivity index (χ3v) is 4.74. The predicted octanol–water partition coefficient (Wildman–Crippen LogP) is 2.29. The van der Waals surface area contributed by atoms with Crippen LogP contribution < -0.4 is 25.9 Å². The average molecular weight is 438 g/mol. The Morgan fingerprint density at radius 2 is 1.88 bits per heavy atom. The monoisotopic (exact) mass is 438 g/mol. The van der Waals surface area contributed by atoms with E-state index in [1.165, 1.54) is 24.1 Å².